The number of fused-ring (bicyclic) bond motifs is 1. The number of hydrogen-bond donors (Lipinski definition) is 2. The number of carboxylic acid groups (broad SMARTS) is 1. The first-order valence-electron chi connectivity index (χ1n) is 7.94. The van der Waals surface area contributed by atoms with E-state index in [1.807, 2.05) is 0 Å². The summed E-state index contributed by atoms with van der Waals surface area (Å²) in [6.07, 6.45) is 4.43. The fourth-order valence-corrected chi connectivity index (χ4v) is 3.93. The maximum atomic E-state index is 12.9. The van der Waals surface area contributed by atoms with E-state index >= 15 is 0 Å². The van der Waals surface area contributed by atoms with Crippen LogP contribution in [0.2, 0.25) is 0 Å². The van der Waals surface area contributed by atoms with Gasteiger partial charge in [-0.3, -0.25) is 9.59 Å². The van der Waals surface area contributed by atoms with Crippen LogP contribution < -0.4 is 5.73 Å². The molecule has 3 rings (SSSR count). The van der Waals surface area contributed by atoms with E-state index in [1.54, 1.807) is 18.2 Å². The third-order valence-corrected chi connectivity index (χ3v) is 5.00. The predicted molar refractivity (Wildman–Crippen MR) is 82.9 cm³/mol. The number of rotatable bonds is 3. The topological polar surface area (TPSA) is 101 Å². The second-order valence-corrected chi connectivity index (χ2v) is 6.36. The molecule has 23 heavy (non-hydrogen) atoms. The highest BCUT2D eigenvalue weighted by molar-refractivity contribution is 6.00. The Morgan fingerprint density at radius 1 is 1.13 bits per heavy atom. The molecule has 2 amide bonds. The molecule has 6 nitrogen and oxygen atoms in total. The fraction of sp³-hybridized carbons (Fsp3) is 0.471. The van der Waals surface area contributed by atoms with Crippen LogP contribution >= 0.6 is 0 Å². The summed E-state index contributed by atoms with van der Waals surface area (Å²) in [5.74, 6) is -1.63. The third-order valence-electron chi connectivity index (χ3n) is 5.00. The zero-order valence-electron chi connectivity index (χ0n) is 12.8. The summed E-state index contributed by atoms with van der Waals surface area (Å²) in [4.78, 5) is 37.3. The summed E-state index contributed by atoms with van der Waals surface area (Å²) >= 11 is 0. The number of aliphatic carboxylic acids is 1. The molecule has 0 bridgehead atoms. The number of carboxylic acids is 1. The van der Waals surface area contributed by atoms with Crippen LogP contribution in [0.3, 0.4) is 0 Å². The maximum Gasteiger partial charge on any atom is 0.326 e. The summed E-state index contributed by atoms with van der Waals surface area (Å²) < 4.78 is 0. The zero-order valence-corrected chi connectivity index (χ0v) is 12.8. The van der Waals surface area contributed by atoms with Crippen molar-refractivity contribution in [1.82, 2.24) is 4.90 Å². The molecule has 0 aromatic heterocycles. The molecule has 3 atom stereocenters. The smallest absolute Gasteiger partial charge is 0.326 e. The average Bonchev–Trinajstić information content (AvgIpc) is 2.94. The van der Waals surface area contributed by atoms with Gasteiger partial charge in [0.05, 0.1) is 0 Å². The quantitative estimate of drug-likeness (QED) is 0.885. The zero-order chi connectivity index (χ0) is 16.6. The van der Waals surface area contributed by atoms with Crippen LogP contribution in [0.1, 0.15) is 52.8 Å². The van der Waals surface area contributed by atoms with Crippen molar-refractivity contribution in [2.24, 2.45) is 11.7 Å². The van der Waals surface area contributed by atoms with Gasteiger partial charge in [-0.1, -0.05) is 18.9 Å². The van der Waals surface area contributed by atoms with Crippen LogP contribution in [-0.4, -0.2) is 39.9 Å². The van der Waals surface area contributed by atoms with Gasteiger partial charge in [-0.2, -0.15) is 0 Å². The van der Waals surface area contributed by atoms with Crippen molar-refractivity contribution in [3.05, 3.63) is 35.4 Å². The molecular weight excluding hydrogens is 296 g/mol. The Morgan fingerprint density at radius 3 is 2.52 bits per heavy atom. The molecule has 6 heteroatoms. The number of hydrogen-bond acceptors (Lipinski definition) is 3. The van der Waals surface area contributed by atoms with Crippen LogP contribution in [0.25, 0.3) is 0 Å². The van der Waals surface area contributed by atoms with E-state index in [4.69, 9.17) is 5.73 Å². The molecule has 0 radical (unpaired) electrons. The van der Waals surface area contributed by atoms with Crippen molar-refractivity contribution in [3.63, 3.8) is 0 Å². The van der Waals surface area contributed by atoms with Crippen molar-refractivity contribution >= 4 is 17.8 Å². The van der Waals surface area contributed by atoms with Gasteiger partial charge >= 0.3 is 5.97 Å². The average molecular weight is 316 g/mol. The summed E-state index contributed by atoms with van der Waals surface area (Å²) in [5, 5.41) is 9.50. The lowest BCUT2D eigenvalue weighted by molar-refractivity contribution is -0.141. The Morgan fingerprint density at radius 2 is 1.83 bits per heavy atom. The van der Waals surface area contributed by atoms with Crippen molar-refractivity contribution in [3.8, 4) is 0 Å². The number of nitrogens with two attached hydrogens (primary N) is 1. The lowest BCUT2D eigenvalue weighted by Crippen LogP contribution is -2.46. The highest BCUT2D eigenvalue weighted by Crippen LogP contribution is 2.40. The molecule has 122 valence electrons. The predicted octanol–water partition coefficient (Wildman–Crippen LogP) is 1.64. The van der Waals surface area contributed by atoms with E-state index in [2.05, 4.69) is 0 Å². The van der Waals surface area contributed by atoms with Crippen LogP contribution in [0.4, 0.5) is 0 Å². The summed E-state index contributed by atoms with van der Waals surface area (Å²) in [7, 11) is 0. The van der Waals surface area contributed by atoms with Crippen molar-refractivity contribution in [2.75, 3.05) is 0 Å². The summed E-state index contributed by atoms with van der Waals surface area (Å²) in [6.45, 7) is 0. The van der Waals surface area contributed by atoms with Crippen LogP contribution in [0, 0.1) is 5.92 Å². The van der Waals surface area contributed by atoms with Gasteiger partial charge in [0.15, 0.2) is 0 Å². The minimum absolute atomic E-state index is 0.0189. The normalized spacial score (nSPS) is 26.6. The second kappa shape index (κ2) is 6.02. The SMILES string of the molecule is NC(=O)c1cccc(C(=O)N2C(C(=O)O)CC3CCCCC32)c1. The molecule has 2 aliphatic rings. The number of likely N-dealkylation sites (tertiary alicyclic amines) is 1. The van der Waals surface area contributed by atoms with Gasteiger partial charge in [-0.25, -0.2) is 4.79 Å². The number of carbonyl (C=O) groups is 3. The minimum Gasteiger partial charge on any atom is -0.480 e. The number of carbonyl (C=O) groups excluding carboxylic acids is 2. The van der Waals surface area contributed by atoms with Gasteiger partial charge in [-0.05, 0) is 43.4 Å². The van der Waals surface area contributed by atoms with Crippen molar-refractivity contribution < 1.29 is 19.5 Å². The number of amides is 2. The lowest BCUT2D eigenvalue weighted by Gasteiger charge is -2.33. The molecule has 1 aliphatic heterocycles. The third kappa shape index (κ3) is 2.81. The Labute approximate surface area is 134 Å². The molecule has 1 aliphatic carbocycles. The molecular formula is C17H20N2O4. The molecule has 2 fully saturated rings. The van der Waals surface area contributed by atoms with Crippen molar-refractivity contribution in [2.45, 2.75) is 44.2 Å². The van der Waals surface area contributed by atoms with E-state index < -0.39 is 17.9 Å². The standard InChI is InChI=1S/C17H20N2O4/c18-15(20)11-5-3-6-12(8-11)16(21)19-13-7-2-1-4-10(13)9-14(19)17(22)23/h3,5-6,8,10,13-14H,1-2,4,7,9H2,(H2,18,20)(H,22,23). The van der Waals surface area contributed by atoms with Crippen LogP contribution in [-0.2, 0) is 4.79 Å². The molecule has 3 unspecified atom stereocenters. The summed E-state index contributed by atoms with van der Waals surface area (Å²) in [5.41, 5.74) is 5.83. The Bertz CT molecular complexity index is 658. The van der Waals surface area contributed by atoms with Gasteiger partial charge in [0.1, 0.15) is 6.04 Å². The van der Waals surface area contributed by atoms with Gasteiger partial charge in [-0.15, -0.1) is 0 Å². The van der Waals surface area contributed by atoms with E-state index in [9.17, 15) is 19.5 Å². The molecule has 1 aromatic carbocycles. The Hall–Kier alpha value is -2.37. The minimum atomic E-state index is -0.959. The van der Waals surface area contributed by atoms with E-state index in [-0.39, 0.29) is 23.4 Å². The van der Waals surface area contributed by atoms with E-state index in [0.29, 0.717) is 12.0 Å². The monoisotopic (exact) mass is 316 g/mol. The molecule has 1 heterocycles. The first-order chi connectivity index (χ1) is 11.0. The van der Waals surface area contributed by atoms with Crippen LogP contribution in [0.5, 0.6) is 0 Å². The highest BCUT2D eigenvalue weighted by atomic mass is 16.4. The molecule has 1 aromatic rings. The molecule has 1 saturated heterocycles. The number of benzene rings is 1. The lowest BCUT2D eigenvalue weighted by atomic mass is 9.84. The molecule has 0 spiro atoms. The first-order valence-corrected chi connectivity index (χ1v) is 7.94. The second-order valence-electron chi connectivity index (χ2n) is 6.36. The highest BCUT2D eigenvalue weighted by Gasteiger charge is 2.47. The van der Waals surface area contributed by atoms with E-state index in [1.165, 1.54) is 11.0 Å². The van der Waals surface area contributed by atoms with E-state index in [0.717, 1.165) is 25.7 Å². The van der Waals surface area contributed by atoms with Crippen molar-refractivity contribution in [1.29, 1.82) is 0 Å². The molecule has 3 N–H and O–H groups in total. The first kappa shape index (κ1) is 15.5. The fourth-order valence-electron chi connectivity index (χ4n) is 3.93. The Kier molecular flexibility index (Phi) is 4.07. The van der Waals surface area contributed by atoms with Gasteiger partial charge in [0.25, 0.3) is 5.91 Å². The summed E-state index contributed by atoms with van der Waals surface area (Å²) in [6, 6.07) is 5.38. The maximum absolute atomic E-state index is 12.9. The van der Waals surface area contributed by atoms with Crippen LogP contribution in [0.15, 0.2) is 24.3 Å². The van der Waals surface area contributed by atoms with Gasteiger partial charge < -0.3 is 15.7 Å². The number of primary amides is 1. The largest absolute Gasteiger partial charge is 0.480 e. The van der Waals surface area contributed by atoms with Gasteiger partial charge in [0.2, 0.25) is 5.91 Å². The van der Waals surface area contributed by atoms with Gasteiger partial charge in [0, 0.05) is 17.2 Å². The Balaban J connectivity index is 1.93. The molecule has 1 saturated carbocycles. The number of nitrogens with zero attached hydrogens (tertiary/aromatic N) is 1.